The van der Waals surface area contributed by atoms with Crippen molar-refractivity contribution in [2.24, 2.45) is 0 Å². The summed E-state index contributed by atoms with van der Waals surface area (Å²) in [7, 11) is 3.76. The van der Waals surface area contributed by atoms with Crippen LogP contribution < -0.4 is 20.9 Å². The number of anilines is 3. The van der Waals surface area contributed by atoms with Gasteiger partial charge in [-0.2, -0.15) is 0 Å². The van der Waals surface area contributed by atoms with Crippen molar-refractivity contribution in [2.45, 2.75) is 20.4 Å². The monoisotopic (exact) mass is 416 g/mol. The Hall–Kier alpha value is -3.80. The van der Waals surface area contributed by atoms with E-state index in [0.29, 0.717) is 17.8 Å². The fourth-order valence-electron chi connectivity index (χ4n) is 3.35. The minimum absolute atomic E-state index is 0.202. The van der Waals surface area contributed by atoms with E-state index in [0.717, 1.165) is 28.1 Å². The van der Waals surface area contributed by atoms with E-state index >= 15 is 0 Å². The molecule has 0 unspecified atom stereocenters. The zero-order valence-electron chi connectivity index (χ0n) is 18.3. The second-order valence-corrected chi connectivity index (χ2v) is 7.64. The first kappa shape index (κ1) is 21.9. The van der Waals surface area contributed by atoms with E-state index in [-0.39, 0.29) is 11.9 Å². The van der Waals surface area contributed by atoms with Crippen LogP contribution in [-0.4, -0.2) is 26.0 Å². The quantitative estimate of drug-likeness (QED) is 0.533. The predicted molar refractivity (Wildman–Crippen MR) is 127 cm³/mol. The van der Waals surface area contributed by atoms with E-state index < -0.39 is 0 Å². The second kappa shape index (κ2) is 9.80. The van der Waals surface area contributed by atoms with Gasteiger partial charge in [0.25, 0.3) is 5.91 Å². The van der Waals surface area contributed by atoms with Crippen molar-refractivity contribution in [3.05, 3.63) is 89.0 Å². The third-order valence-corrected chi connectivity index (χ3v) is 5.00. The summed E-state index contributed by atoms with van der Waals surface area (Å²) in [6.07, 6.45) is 0. The Labute approximate surface area is 183 Å². The average molecular weight is 417 g/mol. The predicted octanol–water partition coefficient (Wildman–Crippen LogP) is 4.94. The number of para-hydroxylation sites is 1. The average Bonchev–Trinajstić information content (AvgIpc) is 2.75. The molecule has 0 fully saturated rings. The van der Waals surface area contributed by atoms with Crippen LogP contribution >= 0.6 is 0 Å². The highest BCUT2D eigenvalue weighted by Crippen LogP contribution is 2.24. The van der Waals surface area contributed by atoms with Crippen LogP contribution in [0.2, 0.25) is 0 Å². The molecule has 3 amide bonds. The number of rotatable bonds is 6. The summed E-state index contributed by atoms with van der Waals surface area (Å²) in [5.41, 5.74) is 5.57. The van der Waals surface area contributed by atoms with Crippen molar-refractivity contribution in [3.63, 3.8) is 0 Å². The van der Waals surface area contributed by atoms with Crippen LogP contribution in [0.1, 0.15) is 27.0 Å². The van der Waals surface area contributed by atoms with Gasteiger partial charge >= 0.3 is 6.03 Å². The van der Waals surface area contributed by atoms with Crippen LogP contribution in [0.25, 0.3) is 0 Å². The lowest BCUT2D eigenvalue weighted by atomic mass is 10.1. The number of amides is 3. The number of hydrogen-bond donors (Lipinski definition) is 3. The van der Waals surface area contributed by atoms with Gasteiger partial charge in [-0.1, -0.05) is 48.5 Å². The van der Waals surface area contributed by atoms with Crippen molar-refractivity contribution >= 4 is 29.0 Å². The Morgan fingerprint density at radius 3 is 2.16 bits per heavy atom. The Balaban J connectivity index is 1.76. The standard InChI is InChI=1S/C25H28N4O2/c1-17-9-8-10-18(2)23(17)28-25(31)27-20-13-14-22(29(3)4)21(15-20)24(30)26-16-19-11-6-5-7-12-19/h5-15H,16H2,1-4H3,(H,26,30)(H2,27,28,31). The molecule has 0 bridgehead atoms. The van der Waals surface area contributed by atoms with Crippen molar-refractivity contribution in [1.29, 1.82) is 0 Å². The number of nitrogens with one attached hydrogen (secondary N) is 3. The normalized spacial score (nSPS) is 10.3. The third kappa shape index (κ3) is 5.63. The summed E-state index contributed by atoms with van der Waals surface area (Å²) >= 11 is 0. The largest absolute Gasteiger partial charge is 0.377 e. The van der Waals surface area contributed by atoms with Crippen molar-refractivity contribution in [1.82, 2.24) is 5.32 Å². The molecule has 3 aromatic carbocycles. The van der Waals surface area contributed by atoms with Gasteiger partial charge in [0.05, 0.1) is 5.56 Å². The molecule has 0 saturated heterocycles. The van der Waals surface area contributed by atoms with Crippen molar-refractivity contribution in [3.8, 4) is 0 Å². The van der Waals surface area contributed by atoms with Gasteiger partial charge in [-0.15, -0.1) is 0 Å². The van der Waals surface area contributed by atoms with Crippen LogP contribution in [0, 0.1) is 13.8 Å². The molecule has 3 N–H and O–H groups in total. The van der Waals surface area contributed by atoms with Gasteiger partial charge in [-0.3, -0.25) is 4.79 Å². The number of urea groups is 1. The lowest BCUT2D eigenvalue weighted by Crippen LogP contribution is -2.26. The molecule has 160 valence electrons. The lowest BCUT2D eigenvalue weighted by molar-refractivity contribution is 0.0951. The number of carbonyl (C=O) groups excluding carboxylic acids is 2. The van der Waals surface area contributed by atoms with Gasteiger partial charge < -0.3 is 20.9 Å². The highest BCUT2D eigenvalue weighted by molar-refractivity contribution is 6.04. The molecule has 3 aromatic rings. The minimum atomic E-state index is -0.356. The minimum Gasteiger partial charge on any atom is -0.377 e. The fraction of sp³-hybridized carbons (Fsp3) is 0.200. The summed E-state index contributed by atoms with van der Waals surface area (Å²) in [5.74, 6) is -0.202. The summed E-state index contributed by atoms with van der Waals surface area (Å²) in [6, 6.07) is 20.5. The molecular formula is C25H28N4O2. The molecule has 0 atom stereocenters. The Bertz CT molecular complexity index is 1060. The maximum absolute atomic E-state index is 12.9. The number of nitrogens with zero attached hydrogens (tertiary/aromatic N) is 1. The molecule has 0 saturated carbocycles. The molecule has 31 heavy (non-hydrogen) atoms. The molecule has 0 aliphatic carbocycles. The molecule has 0 radical (unpaired) electrons. The summed E-state index contributed by atoms with van der Waals surface area (Å²) in [6.45, 7) is 4.32. The highest BCUT2D eigenvalue weighted by Gasteiger charge is 2.15. The third-order valence-electron chi connectivity index (χ3n) is 5.00. The molecule has 6 nitrogen and oxygen atoms in total. The van der Waals surface area contributed by atoms with Crippen LogP contribution in [0.3, 0.4) is 0 Å². The van der Waals surface area contributed by atoms with Crippen LogP contribution in [0.15, 0.2) is 66.7 Å². The van der Waals surface area contributed by atoms with Crippen molar-refractivity contribution in [2.75, 3.05) is 29.6 Å². The fourth-order valence-corrected chi connectivity index (χ4v) is 3.35. The Kier molecular flexibility index (Phi) is 6.92. The van der Waals surface area contributed by atoms with E-state index in [9.17, 15) is 9.59 Å². The number of benzene rings is 3. The van der Waals surface area contributed by atoms with Crippen LogP contribution in [0.4, 0.5) is 21.9 Å². The molecule has 0 aliphatic heterocycles. The molecule has 6 heteroatoms. The Morgan fingerprint density at radius 1 is 0.839 bits per heavy atom. The maximum Gasteiger partial charge on any atom is 0.323 e. The summed E-state index contributed by atoms with van der Waals surface area (Å²) in [5, 5.41) is 8.68. The SMILES string of the molecule is Cc1cccc(C)c1NC(=O)Nc1ccc(N(C)C)c(C(=O)NCc2ccccc2)c1. The topological polar surface area (TPSA) is 73.5 Å². The van der Waals surface area contributed by atoms with Gasteiger partial charge in [0.2, 0.25) is 0 Å². The number of hydrogen-bond acceptors (Lipinski definition) is 3. The molecule has 0 aromatic heterocycles. The van der Waals surface area contributed by atoms with Gasteiger partial charge in [-0.25, -0.2) is 4.79 Å². The van der Waals surface area contributed by atoms with E-state index in [2.05, 4.69) is 16.0 Å². The summed E-state index contributed by atoms with van der Waals surface area (Å²) in [4.78, 5) is 27.3. The summed E-state index contributed by atoms with van der Waals surface area (Å²) < 4.78 is 0. The smallest absolute Gasteiger partial charge is 0.323 e. The van der Waals surface area contributed by atoms with Crippen LogP contribution in [-0.2, 0) is 6.54 Å². The van der Waals surface area contributed by atoms with Gasteiger partial charge in [0, 0.05) is 37.7 Å². The van der Waals surface area contributed by atoms with Crippen LogP contribution in [0.5, 0.6) is 0 Å². The van der Waals surface area contributed by atoms with Crippen molar-refractivity contribution < 1.29 is 9.59 Å². The zero-order chi connectivity index (χ0) is 22.4. The number of carbonyl (C=O) groups is 2. The zero-order valence-corrected chi connectivity index (χ0v) is 18.3. The van der Waals surface area contributed by atoms with E-state index in [4.69, 9.17) is 0 Å². The first-order chi connectivity index (χ1) is 14.8. The second-order valence-electron chi connectivity index (χ2n) is 7.64. The molecule has 0 heterocycles. The Morgan fingerprint density at radius 2 is 1.52 bits per heavy atom. The maximum atomic E-state index is 12.9. The van der Waals surface area contributed by atoms with E-state index in [1.165, 1.54) is 0 Å². The van der Waals surface area contributed by atoms with Gasteiger partial charge in [0.1, 0.15) is 0 Å². The van der Waals surface area contributed by atoms with E-state index in [1.54, 1.807) is 12.1 Å². The van der Waals surface area contributed by atoms with Gasteiger partial charge in [-0.05, 0) is 48.7 Å². The first-order valence-electron chi connectivity index (χ1n) is 10.1. The lowest BCUT2D eigenvalue weighted by Gasteiger charge is -2.19. The highest BCUT2D eigenvalue weighted by atomic mass is 16.2. The van der Waals surface area contributed by atoms with Gasteiger partial charge in [0.15, 0.2) is 0 Å². The first-order valence-corrected chi connectivity index (χ1v) is 10.1. The molecule has 0 aliphatic rings. The molecule has 0 spiro atoms. The molecular weight excluding hydrogens is 388 g/mol. The van der Waals surface area contributed by atoms with E-state index in [1.807, 2.05) is 87.4 Å². The number of aryl methyl sites for hydroxylation is 2. The molecule has 3 rings (SSSR count).